The molecule has 0 radical (unpaired) electrons. The number of rotatable bonds is 3. The highest BCUT2D eigenvalue weighted by Gasteiger charge is 2.43. The number of methoxy groups -OCH3 is 2. The third-order valence-electron chi connectivity index (χ3n) is 5.52. The van der Waals surface area contributed by atoms with Crippen molar-refractivity contribution in [3.05, 3.63) is 23.3 Å². The van der Waals surface area contributed by atoms with Gasteiger partial charge in [0.2, 0.25) is 5.91 Å². The van der Waals surface area contributed by atoms with Crippen molar-refractivity contribution in [2.45, 2.75) is 52.0 Å². The Labute approximate surface area is 156 Å². The lowest BCUT2D eigenvalue weighted by Crippen LogP contribution is -2.51. The summed E-state index contributed by atoms with van der Waals surface area (Å²) in [5.74, 6) is 1.70. The van der Waals surface area contributed by atoms with Crippen LogP contribution in [0.3, 0.4) is 0 Å². The molecule has 144 valence electrons. The molecule has 26 heavy (non-hydrogen) atoms. The second kappa shape index (κ2) is 7.10. The van der Waals surface area contributed by atoms with E-state index in [4.69, 9.17) is 14.2 Å². The number of hydrogen-bond acceptors (Lipinski definition) is 4. The fourth-order valence-corrected chi connectivity index (χ4v) is 4.19. The summed E-state index contributed by atoms with van der Waals surface area (Å²) in [6.45, 7) is 9.19. The maximum Gasteiger partial charge on any atom is 0.223 e. The van der Waals surface area contributed by atoms with Crippen LogP contribution in [-0.2, 0) is 21.5 Å². The SMILES string of the molecule is COc1cc2c(cc1OC)C1(CCOCC1)CN(C(=O)CC(C)(C)C)C2. The monoisotopic (exact) mass is 361 g/mol. The van der Waals surface area contributed by atoms with Crippen molar-refractivity contribution in [3.63, 3.8) is 0 Å². The molecule has 2 heterocycles. The molecule has 1 aromatic rings. The van der Waals surface area contributed by atoms with Gasteiger partial charge in [0.15, 0.2) is 11.5 Å². The molecule has 1 aromatic carbocycles. The minimum absolute atomic E-state index is 0.0161. The van der Waals surface area contributed by atoms with Crippen LogP contribution in [-0.4, -0.2) is 44.8 Å². The number of carbonyl (C=O) groups is 1. The van der Waals surface area contributed by atoms with E-state index in [9.17, 15) is 4.79 Å². The average molecular weight is 361 g/mol. The van der Waals surface area contributed by atoms with Gasteiger partial charge in [-0.25, -0.2) is 0 Å². The summed E-state index contributed by atoms with van der Waals surface area (Å²) >= 11 is 0. The number of ether oxygens (including phenoxy) is 3. The Kier molecular flexibility index (Phi) is 5.20. The third kappa shape index (κ3) is 3.68. The van der Waals surface area contributed by atoms with Gasteiger partial charge in [0.05, 0.1) is 14.2 Å². The van der Waals surface area contributed by atoms with E-state index in [0.29, 0.717) is 13.0 Å². The van der Waals surface area contributed by atoms with Crippen molar-refractivity contribution >= 4 is 5.91 Å². The molecular weight excluding hydrogens is 330 g/mol. The highest BCUT2D eigenvalue weighted by molar-refractivity contribution is 5.77. The van der Waals surface area contributed by atoms with Crippen LogP contribution in [0.4, 0.5) is 0 Å². The Balaban J connectivity index is 2.01. The number of nitrogens with zero attached hydrogens (tertiary/aromatic N) is 1. The molecule has 5 heteroatoms. The van der Waals surface area contributed by atoms with Gasteiger partial charge in [0.1, 0.15) is 0 Å². The first kappa shape index (κ1) is 19.0. The maximum absolute atomic E-state index is 13.0. The van der Waals surface area contributed by atoms with E-state index in [-0.39, 0.29) is 16.7 Å². The van der Waals surface area contributed by atoms with Gasteiger partial charge in [-0.1, -0.05) is 20.8 Å². The van der Waals surface area contributed by atoms with E-state index in [1.54, 1.807) is 14.2 Å². The first-order chi connectivity index (χ1) is 12.3. The summed E-state index contributed by atoms with van der Waals surface area (Å²) in [7, 11) is 3.32. The fourth-order valence-electron chi connectivity index (χ4n) is 4.19. The standard InChI is InChI=1S/C21H31NO4/c1-20(2,3)12-19(23)22-13-15-10-17(24-4)18(25-5)11-16(15)21(14-22)6-8-26-9-7-21/h10-11H,6-9,12-14H2,1-5H3. The molecule has 0 bridgehead atoms. The van der Waals surface area contributed by atoms with Crippen LogP contribution in [0.5, 0.6) is 11.5 Å². The quantitative estimate of drug-likeness (QED) is 0.826. The van der Waals surface area contributed by atoms with E-state index < -0.39 is 0 Å². The summed E-state index contributed by atoms with van der Waals surface area (Å²) in [5, 5.41) is 0. The van der Waals surface area contributed by atoms with Gasteiger partial charge in [-0.2, -0.15) is 0 Å². The van der Waals surface area contributed by atoms with Crippen molar-refractivity contribution in [1.29, 1.82) is 0 Å². The Morgan fingerprint density at radius 2 is 1.77 bits per heavy atom. The lowest BCUT2D eigenvalue weighted by atomic mass is 9.69. The summed E-state index contributed by atoms with van der Waals surface area (Å²) in [5.41, 5.74) is 2.38. The van der Waals surface area contributed by atoms with Crippen LogP contribution < -0.4 is 9.47 Å². The van der Waals surface area contributed by atoms with Gasteiger partial charge in [0, 0.05) is 38.1 Å². The highest BCUT2D eigenvalue weighted by atomic mass is 16.5. The lowest BCUT2D eigenvalue weighted by Gasteiger charge is -2.47. The Bertz CT molecular complexity index is 671. The second-order valence-electron chi connectivity index (χ2n) is 8.74. The topological polar surface area (TPSA) is 48.0 Å². The zero-order valence-electron chi connectivity index (χ0n) is 16.7. The number of fused-ring (bicyclic) bond motifs is 2. The summed E-state index contributed by atoms with van der Waals surface area (Å²) in [6, 6.07) is 4.16. The maximum atomic E-state index is 13.0. The highest BCUT2D eigenvalue weighted by Crippen LogP contribution is 2.45. The lowest BCUT2D eigenvalue weighted by molar-refractivity contribution is -0.136. The molecule has 2 aliphatic heterocycles. The molecule has 3 rings (SSSR count). The fraction of sp³-hybridized carbons (Fsp3) is 0.667. The van der Waals surface area contributed by atoms with Gasteiger partial charge in [0.25, 0.3) is 0 Å². The normalized spacial score (nSPS) is 19.2. The van der Waals surface area contributed by atoms with Crippen molar-refractivity contribution in [2.24, 2.45) is 5.41 Å². The van der Waals surface area contributed by atoms with Crippen LogP contribution in [0.1, 0.15) is 51.2 Å². The Morgan fingerprint density at radius 1 is 1.15 bits per heavy atom. The summed E-state index contributed by atoms with van der Waals surface area (Å²) in [6.07, 6.45) is 2.41. The number of carbonyl (C=O) groups excluding carboxylic acids is 1. The average Bonchev–Trinajstić information content (AvgIpc) is 2.60. The molecule has 1 saturated heterocycles. The van der Waals surface area contributed by atoms with Crippen LogP contribution in [0.2, 0.25) is 0 Å². The third-order valence-corrected chi connectivity index (χ3v) is 5.52. The van der Waals surface area contributed by atoms with Gasteiger partial charge in [-0.15, -0.1) is 0 Å². The van der Waals surface area contributed by atoms with Crippen LogP contribution in [0, 0.1) is 5.41 Å². The van der Waals surface area contributed by atoms with Gasteiger partial charge in [-0.05, 0) is 41.5 Å². The molecule has 1 fully saturated rings. The molecule has 0 aromatic heterocycles. The van der Waals surface area contributed by atoms with E-state index in [0.717, 1.165) is 49.7 Å². The molecule has 0 saturated carbocycles. The smallest absolute Gasteiger partial charge is 0.223 e. The Hall–Kier alpha value is -1.75. The predicted molar refractivity (Wildman–Crippen MR) is 101 cm³/mol. The minimum Gasteiger partial charge on any atom is -0.493 e. The first-order valence-corrected chi connectivity index (χ1v) is 9.39. The predicted octanol–water partition coefficient (Wildman–Crippen LogP) is 3.53. The van der Waals surface area contributed by atoms with Crippen LogP contribution in [0.25, 0.3) is 0 Å². The summed E-state index contributed by atoms with van der Waals surface area (Å²) in [4.78, 5) is 15.0. The molecule has 5 nitrogen and oxygen atoms in total. The zero-order valence-corrected chi connectivity index (χ0v) is 16.7. The van der Waals surface area contributed by atoms with Crippen molar-refractivity contribution in [3.8, 4) is 11.5 Å². The summed E-state index contributed by atoms with van der Waals surface area (Å²) < 4.78 is 16.7. The minimum atomic E-state index is -0.0566. The van der Waals surface area contributed by atoms with Crippen molar-refractivity contribution < 1.29 is 19.0 Å². The Morgan fingerprint density at radius 3 is 2.35 bits per heavy atom. The molecule has 1 amide bonds. The number of hydrogen-bond donors (Lipinski definition) is 0. The van der Waals surface area contributed by atoms with Crippen molar-refractivity contribution in [1.82, 2.24) is 4.90 Å². The van der Waals surface area contributed by atoms with E-state index in [1.165, 1.54) is 5.56 Å². The first-order valence-electron chi connectivity index (χ1n) is 9.39. The molecule has 2 aliphatic rings. The molecule has 0 atom stereocenters. The molecule has 1 spiro atoms. The van der Waals surface area contributed by atoms with E-state index in [1.807, 2.05) is 11.0 Å². The largest absolute Gasteiger partial charge is 0.493 e. The molecule has 0 aliphatic carbocycles. The molecular formula is C21H31NO4. The van der Waals surface area contributed by atoms with E-state index >= 15 is 0 Å². The van der Waals surface area contributed by atoms with Gasteiger partial charge in [-0.3, -0.25) is 4.79 Å². The number of benzene rings is 1. The van der Waals surface area contributed by atoms with Crippen LogP contribution >= 0.6 is 0 Å². The molecule has 0 N–H and O–H groups in total. The van der Waals surface area contributed by atoms with Crippen LogP contribution in [0.15, 0.2) is 12.1 Å². The van der Waals surface area contributed by atoms with E-state index in [2.05, 4.69) is 26.8 Å². The van der Waals surface area contributed by atoms with Gasteiger partial charge >= 0.3 is 0 Å². The number of amides is 1. The van der Waals surface area contributed by atoms with Gasteiger partial charge < -0.3 is 19.1 Å². The van der Waals surface area contributed by atoms with Crippen molar-refractivity contribution in [2.75, 3.05) is 34.0 Å². The zero-order chi connectivity index (χ0) is 18.9. The molecule has 0 unspecified atom stereocenters. The second-order valence-corrected chi connectivity index (χ2v) is 8.74.